The molecule has 1 radical (unpaired) electrons. The number of carboxylic acid groups (broad SMARTS) is 1. The molecule has 1 aliphatic rings. The third-order valence-corrected chi connectivity index (χ3v) is 4.72. The van der Waals surface area contributed by atoms with Crippen molar-refractivity contribution in [1.29, 1.82) is 0 Å². The monoisotopic (exact) mass is 457 g/mol. The summed E-state index contributed by atoms with van der Waals surface area (Å²) in [5, 5.41) is 8.61. The molecule has 0 bridgehead atoms. The molecule has 30 heavy (non-hydrogen) atoms. The van der Waals surface area contributed by atoms with Gasteiger partial charge in [0.15, 0.2) is 5.76 Å². The average Bonchev–Trinajstić information content (AvgIpc) is 3.53. The summed E-state index contributed by atoms with van der Waals surface area (Å²) in [6, 6.07) is 12.0. The van der Waals surface area contributed by atoms with E-state index in [0.29, 0.717) is 5.76 Å². The van der Waals surface area contributed by atoms with Crippen molar-refractivity contribution in [2.75, 3.05) is 0 Å². The van der Waals surface area contributed by atoms with Gasteiger partial charge in [-0.3, -0.25) is 0 Å². The maximum atomic E-state index is 10.5. The minimum absolute atomic E-state index is 0. The maximum absolute atomic E-state index is 10.5. The van der Waals surface area contributed by atoms with E-state index in [1.807, 2.05) is 48.6 Å². The molecule has 169 valence electrons. The van der Waals surface area contributed by atoms with Crippen LogP contribution < -0.4 is 0 Å². The van der Waals surface area contributed by atoms with Gasteiger partial charge < -0.3 is 9.84 Å². The molecule has 1 aliphatic heterocycles. The van der Waals surface area contributed by atoms with E-state index in [-0.39, 0.29) is 22.5 Å². The molecule has 0 atom stereocenters. The van der Waals surface area contributed by atoms with Crippen molar-refractivity contribution in [3.8, 4) is 0 Å². The zero-order chi connectivity index (χ0) is 21.0. The largest absolute Gasteiger partial charge is 0.475 e. The van der Waals surface area contributed by atoms with Crippen molar-refractivity contribution >= 4 is 5.97 Å². The Morgan fingerprint density at radius 2 is 1.27 bits per heavy atom. The molecule has 0 fully saturated rings. The molecule has 1 N–H and O–H groups in total. The second kappa shape index (κ2) is 20.5. The minimum Gasteiger partial charge on any atom is -0.475 e. The summed E-state index contributed by atoms with van der Waals surface area (Å²) in [4.78, 5) is 10.5. The summed E-state index contributed by atoms with van der Waals surface area (Å²) < 4.78 is 4.81. The smallest absolute Gasteiger partial charge is 0.375 e. The second-order valence-electron chi connectivity index (χ2n) is 7.37. The molecule has 4 heteroatoms. The van der Waals surface area contributed by atoms with Crippen molar-refractivity contribution in [2.45, 2.75) is 84.0 Å². The van der Waals surface area contributed by atoms with Gasteiger partial charge in [0, 0.05) is 16.8 Å². The predicted molar refractivity (Wildman–Crippen MR) is 122 cm³/mol. The number of aliphatic carboxylic acids is 1. The molecule has 0 saturated heterocycles. The summed E-state index contributed by atoms with van der Waals surface area (Å²) in [7, 11) is 0. The van der Waals surface area contributed by atoms with Gasteiger partial charge in [0.2, 0.25) is 0 Å². The summed E-state index contributed by atoms with van der Waals surface area (Å²) in [6.07, 6.45) is 23.8. The fourth-order valence-corrected chi connectivity index (χ4v) is 2.97. The van der Waals surface area contributed by atoms with Crippen molar-refractivity contribution in [2.24, 2.45) is 0 Å². The van der Waals surface area contributed by atoms with E-state index in [1.165, 1.54) is 70.6 Å². The van der Waals surface area contributed by atoms with Gasteiger partial charge in [0.25, 0.3) is 5.76 Å². The number of benzene rings is 1. The first-order chi connectivity index (χ1) is 14.3. The van der Waals surface area contributed by atoms with Crippen LogP contribution in [0, 0.1) is 0 Å². The quantitative estimate of drug-likeness (QED) is 0.216. The number of unbranched alkanes of at least 4 members (excludes halogenated alkanes) is 11. The van der Waals surface area contributed by atoms with Gasteiger partial charge in [-0.15, -0.1) is 0 Å². The number of carboxylic acids is 1. The van der Waals surface area contributed by atoms with Crippen LogP contribution >= 0.6 is 0 Å². The molecule has 2 rings (SSSR count). The van der Waals surface area contributed by atoms with Crippen LogP contribution in [-0.4, -0.2) is 11.1 Å². The van der Waals surface area contributed by atoms with E-state index in [4.69, 9.17) is 9.84 Å². The summed E-state index contributed by atoms with van der Waals surface area (Å²) in [5.41, 5.74) is 0. The molecule has 0 aliphatic carbocycles. The molecule has 0 unspecified atom stereocenters. The van der Waals surface area contributed by atoms with E-state index < -0.39 is 5.97 Å². The van der Waals surface area contributed by atoms with Crippen molar-refractivity contribution in [3.63, 3.8) is 0 Å². The number of ether oxygens (including phenoxy) is 1. The van der Waals surface area contributed by atoms with E-state index in [9.17, 15) is 4.79 Å². The standard InChI is InChI=1S/C20H32O3.C6H6.Co/c1-2-3-4-5-6-7-8-9-10-11-12-13-14-15-16-17-18-19(23-18)20(21)22;1-2-4-6-5-3-1;/h14-17H,2-13H2,1H3,(H,21,22);1-6H;. The van der Waals surface area contributed by atoms with Crippen LogP contribution in [0.4, 0.5) is 0 Å². The minimum atomic E-state index is -0.991. The van der Waals surface area contributed by atoms with Gasteiger partial charge in [-0.2, -0.15) is 0 Å². The Hall–Kier alpha value is -1.78. The molecular formula is C26H38CoO3. The zero-order valence-electron chi connectivity index (χ0n) is 18.4. The number of carbonyl (C=O) groups is 1. The van der Waals surface area contributed by atoms with Crippen LogP contribution in [0.2, 0.25) is 0 Å². The zero-order valence-corrected chi connectivity index (χ0v) is 19.4. The van der Waals surface area contributed by atoms with Crippen molar-refractivity contribution in [3.05, 3.63) is 72.2 Å². The van der Waals surface area contributed by atoms with Gasteiger partial charge in [-0.25, -0.2) is 4.79 Å². The second-order valence-corrected chi connectivity index (χ2v) is 7.37. The number of allylic oxidation sites excluding steroid dienone is 4. The van der Waals surface area contributed by atoms with E-state index >= 15 is 0 Å². The Morgan fingerprint density at radius 1 is 0.800 bits per heavy atom. The average molecular weight is 458 g/mol. The molecule has 3 nitrogen and oxygen atoms in total. The van der Waals surface area contributed by atoms with Gasteiger partial charge in [-0.05, 0) is 18.9 Å². The Bertz CT molecular complexity index is 594. The van der Waals surface area contributed by atoms with Gasteiger partial charge in [0.05, 0.1) is 0 Å². The van der Waals surface area contributed by atoms with Crippen LogP contribution in [-0.2, 0) is 26.3 Å². The van der Waals surface area contributed by atoms with Crippen molar-refractivity contribution < 1.29 is 31.4 Å². The third-order valence-electron chi connectivity index (χ3n) is 4.72. The fraction of sp³-hybridized carbons (Fsp3) is 0.500. The van der Waals surface area contributed by atoms with Crippen LogP contribution in [0.15, 0.2) is 72.2 Å². The Balaban J connectivity index is 0.00000103. The molecule has 0 saturated carbocycles. The Kier molecular flexibility index (Phi) is 19.3. The fourth-order valence-electron chi connectivity index (χ4n) is 2.97. The maximum Gasteiger partial charge on any atom is 0.375 e. The van der Waals surface area contributed by atoms with Crippen LogP contribution in [0.1, 0.15) is 84.0 Å². The first kappa shape index (κ1) is 28.2. The van der Waals surface area contributed by atoms with Gasteiger partial charge in [-0.1, -0.05) is 126 Å². The van der Waals surface area contributed by atoms with Crippen molar-refractivity contribution in [1.82, 2.24) is 0 Å². The van der Waals surface area contributed by atoms with E-state index in [1.54, 1.807) is 6.08 Å². The molecule has 1 aromatic rings. The van der Waals surface area contributed by atoms with Gasteiger partial charge >= 0.3 is 5.97 Å². The molecule has 0 spiro atoms. The van der Waals surface area contributed by atoms with Crippen LogP contribution in [0.3, 0.4) is 0 Å². The Labute approximate surface area is 193 Å². The summed E-state index contributed by atoms with van der Waals surface area (Å²) in [5.74, 6) is -0.452. The van der Waals surface area contributed by atoms with Crippen LogP contribution in [0.5, 0.6) is 0 Å². The molecule has 1 heterocycles. The van der Waals surface area contributed by atoms with E-state index in [0.717, 1.165) is 6.42 Å². The molecule has 1 aromatic carbocycles. The molecular weight excluding hydrogens is 419 g/mol. The Morgan fingerprint density at radius 3 is 1.70 bits per heavy atom. The normalized spacial score (nSPS) is 12.3. The topological polar surface area (TPSA) is 49.8 Å². The van der Waals surface area contributed by atoms with Crippen LogP contribution in [0.25, 0.3) is 0 Å². The first-order valence-corrected chi connectivity index (χ1v) is 11.2. The van der Waals surface area contributed by atoms with E-state index in [2.05, 4.69) is 13.0 Å². The predicted octanol–water partition coefficient (Wildman–Crippen LogP) is 7.81. The molecule has 0 aromatic heterocycles. The SMILES string of the molecule is CCCCCCCCCCCCCC=CC=CC1=C(C(=O)O)O1.[Co].c1ccccc1. The van der Waals surface area contributed by atoms with Gasteiger partial charge in [0.1, 0.15) is 0 Å². The summed E-state index contributed by atoms with van der Waals surface area (Å²) >= 11 is 0. The number of hydrogen-bond donors (Lipinski definition) is 1. The first-order valence-electron chi connectivity index (χ1n) is 11.2. The number of hydrogen-bond acceptors (Lipinski definition) is 2. The molecule has 0 amide bonds. The third kappa shape index (κ3) is 17.1. The summed E-state index contributed by atoms with van der Waals surface area (Å²) in [6.45, 7) is 2.26. The number of rotatable bonds is 15.